The number of benzene rings is 2. The molecular formula is C34H43ClN8O11. The van der Waals surface area contributed by atoms with E-state index >= 15 is 0 Å². The van der Waals surface area contributed by atoms with Crippen molar-refractivity contribution in [2.45, 2.75) is 71.6 Å². The molecule has 4 aromatic rings. The number of tetrazole rings is 1. The van der Waals surface area contributed by atoms with Gasteiger partial charge in [-0.15, -0.1) is 35.2 Å². The number of unbranched alkanes of at least 4 members (excludes halogenated alkanes) is 3. The van der Waals surface area contributed by atoms with Gasteiger partial charge in [-0.3, -0.25) is 4.79 Å². The van der Waals surface area contributed by atoms with E-state index in [-0.39, 0.29) is 25.0 Å². The van der Waals surface area contributed by atoms with E-state index < -0.39 is 22.6 Å². The lowest BCUT2D eigenvalue weighted by molar-refractivity contribution is -0.757. The number of rotatable bonds is 22. The van der Waals surface area contributed by atoms with Crippen LogP contribution in [-0.2, 0) is 36.9 Å². The van der Waals surface area contributed by atoms with Gasteiger partial charge >= 0.3 is 6.16 Å². The number of aldehydes is 1. The first kappa shape index (κ1) is 42.7. The van der Waals surface area contributed by atoms with Crippen molar-refractivity contribution in [3.8, 4) is 22.5 Å². The predicted molar refractivity (Wildman–Crippen MR) is 192 cm³/mol. The lowest BCUT2D eigenvalue weighted by Gasteiger charge is -2.12. The lowest BCUT2D eigenvalue weighted by atomic mass is 9.98. The minimum atomic E-state index is -0.928. The molecule has 0 saturated heterocycles. The topological polar surface area (TPSA) is 228 Å². The zero-order chi connectivity index (χ0) is 39.3. The molecule has 1 unspecified atom stereocenters. The van der Waals surface area contributed by atoms with Crippen LogP contribution >= 0.6 is 11.6 Å². The van der Waals surface area contributed by atoms with Crippen molar-refractivity contribution in [1.82, 2.24) is 29.8 Å². The molecule has 0 bridgehead atoms. The highest BCUT2D eigenvalue weighted by molar-refractivity contribution is 6.31. The smallest absolute Gasteiger partial charge is 0.434 e. The number of hydrogen-bond acceptors (Lipinski definition) is 15. The van der Waals surface area contributed by atoms with E-state index in [1.807, 2.05) is 53.1 Å². The maximum absolute atomic E-state index is 12.0. The summed E-state index contributed by atoms with van der Waals surface area (Å²) in [5.41, 5.74) is 3.86. The van der Waals surface area contributed by atoms with E-state index in [4.69, 9.17) is 25.8 Å². The molecule has 4 rings (SSSR count). The van der Waals surface area contributed by atoms with Crippen LogP contribution in [0.3, 0.4) is 0 Å². The largest absolute Gasteiger partial charge is 0.510 e. The Morgan fingerprint density at radius 1 is 0.926 bits per heavy atom. The van der Waals surface area contributed by atoms with E-state index in [0.29, 0.717) is 43.9 Å². The van der Waals surface area contributed by atoms with Gasteiger partial charge < -0.3 is 28.5 Å². The van der Waals surface area contributed by atoms with E-state index in [0.717, 1.165) is 60.0 Å². The van der Waals surface area contributed by atoms with Gasteiger partial charge in [0.25, 0.3) is 10.2 Å². The van der Waals surface area contributed by atoms with Crippen LogP contribution in [0.1, 0.15) is 80.5 Å². The van der Waals surface area contributed by atoms with Gasteiger partial charge in [-0.25, -0.2) is 9.78 Å². The Hall–Kier alpha value is -5.69. The fraction of sp³-hybridized carbons (Fsp3) is 0.471. The van der Waals surface area contributed by atoms with Gasteiger partial charge in [-0.05, 0) is 60.9 Å². The van der Waals surface area contributed by atoms with E-state index in [1.54, 1.807) is 14.0 Å². The average molecular weight is 775 g/mol. The summed E-state index contributed by atoms with van der Waals surface area (Å²) in [6.45, 7) is 4.85. The summed E-state index contributed by atoms with van der Waals surface area (Å²) in [4.78, 5) is 57.3. The fourth-order valence-electron chi connectivity index (χ4n) is 4.89. The Labute approximate surface area is 315 Å². The van der Waals surface area contributed by atoms with Crippen LogP contribution in [0.4, 0.5) is 4.79 Å². The van der Waals surface area contributed by atoms with Gasteiger partial charge in [-0.1, -0.05) is 73.5 Å². The SMILES string of the molecule is CCCCc1nc(Cl)c(C=O)n1Cc1ccc(-c2ccccc2-c2nnn(C(C)OC(=O)OCCCCO[N+](=O)[O-])n2)cc1.COCCCCO[N+](=O)[O-]. The molecule has 292 valence electrons. The number of hydrogen-bond donors (Lipinski definition) is 0. The van der Waals surface area contributed by atoms with Gasteiger partial charge in [0.15, 0.2) is 11.4 Å². The summed E-state index contributed by atoms with van der Waals surface area (Å²) in [6.07, 6.45) is 3.77. The lowest BCUT2D eigenvalue weighted by Crippen LogP contribution is -2.18. The summed E-state index contributed by atoms with van der Waals surface area (Å²) in [5.74, 6) is 1.12. The van der Waals surface area contributed by atoms with Crippen LogP contribution in [0, 0.1) is 20.2 Å². The van der Waals surface area contributed by atoms with Crippen LogP contribution in [0.2, 0.25) is 5.15 Å². The highest BCUT2D eigenvalue weighted by Crippen LogP contribution is 2.30. The van der Waals surface area contributed by atoms with Crippen molar-refractivity contribution < 1.29 is 43.6 Å². The molecule has 2 heterocycles. The Kier molecular flexibility index (Phi) is 18.3. The molecule has 1 atom stereocenters. The van der Waals surface area contributed by atoms with Crippen LogP contribution in [0.5, 0.6) is 0 Å². The molecule has 2 aromatic heterocycles. The monoisotopic (exact) mass is 774 g/mol. The third-order valence-corrected chi connectivity index (χ3v) is 7.87. The molecule has 0 aliphatic heterocycles. The first-order valence-electron chi connectivity index (χ1n) is 17.1. The minimum absolute atomic E-state index is 0.0170. The number of ether oxygens (including phenoxy) is 3. The maximum atomic E-state index is 12.0. The number of imidazole rings is 1. The molecule has 0 N–H and O–H groups in total. The molecule has 0 amide bonds. The normalized spacial score (nSPS) is 11.2. The molecule has 54 heavy (non-hydrogen) atoms. The van der Waals surface area contributed by atoms with Crippen molar-refractivity contribution >= 4 is 24.0 Å². The van der Waals surface area contributed by atoms with E-state index in [2.05, 4.69) is 37.0 Å². The highest BCUT2D eigenvalue weighted by Gasteiger charge is 2.19. The number of methoxy groups -OCH3 is 1. The van der Waals surface area contributed by atoms with E-state index in [1.165, 1.54) is 4.80 Å². The number of carbonyl (C=O) groups is 2. The number of aromatic nitrogens is 6. The second kappa shape index (κ2) is 23.1. The molecule has 0 radical (unpaired) electrons. The molecule has 0 aliphatic rings. The molecule has 0 aliphatic carbocycles. The maximum Gasteiger partial charge on any atom is 0.510 e. The number of aryl methyl sites for hydroxylation is 1. The summed E-state index contributed by atoms with van der Waals surface area (Å²) in [5, 5.41) is 30.9. The van der Waals surface area contributed by atoms with Crippen LogP contribution in [-0.4, -0.2) is 85.9 Å². The molecule has 0 saturated carbocycles. The molecular weight excluding hydrogens is 732 g/mol. The standard InChI is InChI=1S/C29H32ClN7O7.C5H11NO4/c1-3-4-11-26-31-27(30)25(19-38)35(26)18-21-12-14-22(15-13-21)23-9-5-6-10-24(23)28-32-34-36(33-28)20(2)44-29(39)42-16-7-8-17-43-37(40)41;1-9-4-2-3-5-10-6(7)8/h5-6,9-10,12-15,19-20H,3-4,7-8,11,16-18H2,1-2H3;2-5H2,1H3. The van der Waals surface area contributed by atoms with Gasteiger partial charge in [0, 0.05) is 32.2 Å². The molecule has 0 spiro atoms. The number of carbonyl (C=O) groups excluding carboxylic acids is 2. The van der Waals surface area contributed by atoms with Gasteiger partial charge in [0.2, 0.25) is 12.1 Å². The minimum Gasteiger partial charge on any atom is -0.434 e. The average Bonchev–Trinajstić information content (AvgIpc) is 3.77. The second-order valence-corrected chi connectivity index (χ2v) is 11.9. The number of nitrogens with zero attached hydrogens (tertiary/aromatic N) is 8. The summed E-state index contributed by atoms with van der Waals surface area (Å²) in [7, 11) is 1.59. The molecule has 20 heteroatoms. The van der Waals surface area contributed by atoms with Crippen molar-refractivity contribution in [3.05, 3.63) is 91.0 Å². The summed E-state index contributed by atoms with van der Waals surface area (Å²) < 4.78 is 16.8. The first-order chi connectivity index (χ1) is 26.1. The summed E-state index contributed by atoms with van der Waals surface area (Å²) in [6, 6.07) is 15.5. The third kappa shape index (κ3) is 14.0. The van der Waals surface area contributed by atoms with Gasteiger partial charge in [0.05, 0.1) is 19.8 Å². The highest BCUT2D eigenvalue weighted by atomic mass is 35.5. The van der Waals surface area contributed by atoms with Gasteiger partial charge in [-0.2, -0.15) is 0 Å². The van der Waals surface area contributed by atoms with Crippen LogP contribution in [0.15, 0.2) is 48.5 Å². The molecule has 2 aromatic carbocycles. The first-order valence-corrected chi connectivity index (χ1v) is 17.5. The zero-order valence-electron chi connectivity index (χ0n) is 30.2. The van der Waals surface area contributed by atoms with Gasteiger partial charge in [0.1, 0.15) is 11.5 Å². The molecule has 0 fully saturated rings. The van der Waals surface area contributed by atoms with Crippen molar-refractivity contribution in [2.24, 2.45) is 0 Å². The van der Waals surface area contributed by atoms with Crippen molar-refractivity contribution in [1.29, 1.82) is 0 Å². The van der Waals surface area contributed by atoms with Crippen molar-refractivity contribution in [3.63, 3.8) is 0 Å². The Morgan fingerprint density at radius 3 is 2.17 bits per heavy atom. The van der Waals surface area contributed by atoms with Crippen molar-refractivity contribution in [2.75, 3.05) is 33.5 Å². The van der Waals surface area contributed by atoms with Crippen LogP contribution in [0.25, 0.3) is 22.5 Å². The molecule has 19 nitrogen and oxygen atoms in total. The summed E-state index contributed by atoms with van der Waals surface area (Å²) >= 11 is 6.23. The zero-order valence-corrected chi connectivity index (χ0v) is 31.0. The van der Waals surface area contributed by atoms with E-state index in [9.17, 15) is 29.8 Å². The predicted octanol–water partition coefficient (Wildman–Crippen LogP) is 6.34. The second-order valence-electron chi connectivity index (χ2n) is 11.5. The Balaban J connectivity index is 0.000000687. The Morgan fingerprint density at radius 2 is 1.56 bits per heavy atom. The Bertz CT molecular complexity index is 1790. The number of halogens is 1. The fourth-order valence-corrected chi connectivity index (χ4v) is 5.14. The third-order valence-electron chi connectivity index (χ3n) is 7.60. The van der Waals surface area contributed by atoms with Crippen LogP contribution < -0.4 is 0 Å². The quantitative estimate of drug-likeness (QED) is 0.0279.